The number of hydrogen-bond acceptors (Lipinski definition) is 5. The van der Waals surface area contributed by atoms with Gasteiger partial charge in [-0.2, -0.15) is 5.26 Å². The summed E-state index contributed by atoms with van der Waals surface area (Å²) in [6.07, 6.45) is 2.02. The number of nitrogens with zero attached hydrogens (tertiary/aromatic N) is 2. The number of pyridine rings is 1. The van der Waals surface area contributed by atoms with Gasteiger partial charge in [0.15, 0.2) is 0 Å². The summed E-state index contributed by atoms with van der Waals surface area (Å²) in [6.45, 7) is 1.67. The molecule has 0 saturated carbocycles. The van der Waals surface area contributed by atoms with Crippen molar-refractivity contribution in [3.05, 3.63) is 69.6 Å². The number of aromatic nitrogens is 1. The lowest BCUT2D eigenvalue weighted by Gasteiger charge is -2.21. The van der Waals surface area contributed by atoms with Gasteiger partial charge in [0, 0.05) is 29.9 Å². The van der Waals surface area contributed by atoms with Gasteiger partial charge in [-0.25, -0.2) is 8.42 Å². The molecule has 1 aliphatic rings. The molecule has 1 aliphatic heterocycles. The number of sulfonamides is 1. The average Bonchev–Trinajstić information content (AvgIpc) is 3.12. The highest BCUT2D eigenvalue weighted by Crippen LogP contribution is 2.37. The van der Waals surface area contributed by atoms with E-state index in [1.54, 1.807) is 24.3 Å². The average molecular weight is 407 g/mol. The first-order valence-corrected chi connectivity index (χ1v) is 10.5. The fraction of sp³-hybridized carbons (Fsp3) is 0.190. The van der Waals surface area contributed by atoms with E-state index >= 15 is 0 Å². The number of nitrogens with one attached hydrogen (secondary N) is 1. The number of anilines is 1. The summed E-state index contributed by atoms with van der Waals surface area (Å²) in [5.74, 6) is -0.0584. The summed E-state index contributed by atoms with van der Waals surface area (Å²) in [5.41, 5.74) is 1.80. The van der Waals surface area contributed by atoms with Crippen LogP contribution in [0.2, 0.25) is 0 Å². The quantitative estimate of drug-likeness (QED) is 0.713. The molecule has 0 aliphatic carbocycles. The number of ketones is 1. The molecule has 1 aromatic heterocycles. The number of Topliss-reactive ketones (excluding diaryl/α,β-unsaturated/α-hetero) is 1. The number of carbonyl (C=O) groups excluding carboxylic acids is 1. The summed E-state index contributed by atoms with van der Waals surface area (Å²) < 4.78 is 28.3. The van der Waals surface area contributed by atoms with E-state index in [1.165, 1.54) is 29.6 Å². The second-order valence-electron chi connectivity index (χ2n) is 6.97. The number of H-pyrrole nitrogens is 1. The maximum atomic E-state index is 13.5. The zero-order chi connectivity index (χ0) is 20.8. The molecule has 4 rings (SSSR count). The molecule has 146 valence electrons. The Balaban J connectivity index is 1.91. The van der Waals surface area contributed by atoms with Gasteiger partial charge in [0.1, 0.15) is 5.78 Å². The smallest absolute Gasteiger partial charge is 0.264 e. The van der Waals surface area contributed by atoms with E-state index < -0.39 is 10.0 Å². The minimum Gasteiger partial charge on any atom is -0.329 e. The molecule has 2 aromatic carbocycles. The standard InChI is InChI=1S/C21H17N3O4S/c1-13(25)9-15-10-14(12-22)11-19-16(15)6-8-24(19)29(27,28)20-4-2-3-18-17(20)5-7-23-21(18)26/h2-5,7,10-11H,6,8-9H2,1H3,(H,23,26). The molecule has 0 radical (unpaired) electrons. The third-order valence-electron chi connectivity index (χ3n) is 5.06. The van der Waals surface area contributed by atoms with Crippen LogP contribution in [0.15, 0.2) is 52.3 Å². The van der Waals surface area contributed by atoms with Crippen molar-refractivity contribution in [2.75, 3.05) is 10.8 Å². The SMILES string of the molecule is CC(=O)Cc1cc(C#N)cc2c1CCN2S(=O)(=O)c1cccc2c(=O)[nH]ccc12. The van der Waals surface area contributed by atoms with Crippen LogP contribution in [0.25, 0.3) is 10.8 Å². The van der Waals surface area contributed by atoms with Crippen molar-refractivity contribution in [3.8, 4) is 6.07 Å². The number of aromatic amines is 1. The number of rotatable bonds is 4. The maximum Gasteiger partial charge on any atom is 0.264 e. The van der Waals surface area contributed by atoms with Gasteiger partial charge >= 0.3 is 0 Å². The Kier molecular flexibility index (Phi) is 4.47. The first kappa shape index (κ1) is 18.9. The Morgan fingerprint density at radius 1 is 1.24 bits per heavy atom. The van der Waals surface area contributed by atoms with Crippen LogP contribution in [-0.4, -0.2) is 25.7 Å². The fourth-order valence-corrected chi connectivity index (χ4v) is 5.53. The normalized spacial score (nSPS) is 13.3. The minimum atomic E-state index is -3.98. The van der Waals surface area contributed by atoms with Crippen molar-refractivity contribution in [1.29, 1.82) is 5.26 Å². The van der Waals surface area contributed by atoms with Gasteiger partial charge in [-0.15, -0.1) is 0 Å². The van der Waals surface area contributed by atoms with Crippen LogP contribution in [0, 0.1) is 11.3 Å². The summed E-state index contributed by atoms with van der Waals surface area (Å²) >= 11 is 0. The highest BCUT2D eigenvalue weighted by molar-refractivity contribution is 7.93. The van der Waals surface area contributed by atoms with Gasteiger partial charge in [0.25, 0.3) is 15.6 Å². The maximum absolute atomic E-state index is 13.5. The van der Waals surface area contributed by atoms with Crippen LogP contribution in [0.5, 0.6) is 0 Å². The third kappa shape index (κ3) is 3.09. The highest BCUT2D eigenvalue weighted by atomic mass is 32.2. The van der Waals surface area contributed by atoms with Gasteiger partial charge in [-0.3, -0.25) is 13.9 Å². The fourth-order valence-electron chi connectivity index (χ4n) is 3.84. The number of carbonyl (C=O) groups is 1. The molecule has 29 heavy (non-hydrogen) atoms. The molecule has 0 unspecified atom stereocenters. The van der Waals surface area contributed by atoms with Crippen LogP contribution in [-0.2, 0) is 27.7 Å². The van der Waals surface area contributed by atoms with E-state index in [-0.39, 0.29) is 34.6 Å². The zero-order valence-corrected chi connectivity index (χ0v) is 16.4. The van der Waals surface area contributed by atoms with Gasteiger partial charge < -0.3 is 4.98 Å². The van der Waals surface area contributed by atoms with Crippen molar-refractivity contribution < 1.29 is 13.2 Å². The monoisotopic (exact) mass is 407 g/mol. The van der Waals surface area contributed by atoms with Crippen LogP contribution >= 0.6 is 0 Å². The number of hydrogen-bond donors (Lipinski definition) is 1. The summed E-state index contributed by atoms with van der Waals surface area (Å²) in [5, 5.41) is 9.99. The van der Waals surface area contributed by atoms with Crippen molar-refractivity contribution in [3.63, 3.8) is 0 Å². The lowest BCUT2D eigenvalue weighted by atomic mass is 9.98. The Morgan fingerprint density at radius 3 is 2.76 bits per heavy atom. The molecule has 1 N–H and O–H groups in total. The van der Waals surface area contributed by atoms with Gasteiger partial charge in [-0.1, -0.05) is 6.07 Å². The highest BCUT2D eigenvalue weighted by Gasteiger charge is 2.33. The molecule has 0 fully saturated rings. The molecule has 7 nitrogen and oxygen atoms in total. The van der Waals surface area contributed by atoms with E-state index in [0.29, 0.717) is 28.6 Å². The van der Waals surface area contributed by atoms with Crippen molar-refractivity contribution in [2.24, 2.45) is 0 Å². The second kappa shape index (κ2) is 6.87. The molecule has 3 aromatic rings. The summed E-state index contributed by atoms with van der Waals surface area (Å²) in [4.78, 5) is 26.3. The predicted octanol–water partition coefficient (Wildman–Crippen LogP) is 2.28. The van der Waals surface area contributed by atoms with Crippen molar-refractivity contribution in [2.45, 2.75) is 24.7 Å². The Morgan fingerprint density at radius 2 is 2.03 bits per heavy atom. The first-order chi connectivity index (χ1) is 13.8. The molecule has 0 spiro atoms. The van der Waals surface area contributed by atoms with Gasteiger partial charge in [0.05, 0.1) is 22.2 Å². The predicted molar refractivity (Wildman–Crippen MR) is 108 cm³/mol. The van der Waals surface area contributed by atoms with Crippen LogP contribution in [0.1, 0.15) is 23.6 Å². The van der Waals surface area contributed by atoms with Crippen LogP contribution in [0.3, 0.4) is 0 Å². The second-order valence-corrected chi connectivity index (χ2v) is 8.81. The van der Waals surface area contributed by atoms with Crippen molar-refractivity contribution >= 4 is 32.3 Å². The molecule has 0 atom stereocenters. The lowest BCUT2D eigenvalue weighted by molar-refractivity contribution is -0.116. The molecular formula is C21H17N3O4S. The Bertz CT molecular complexity index is 1370. The van der Waals surface area contributed by atoms with Crippen LogP contribution in [0.4, 0.5) is 5.69 Å². The third-order valence-corrected chi connectivity index (χ3v) is 6.94. The number of fused-ring (bicyclic) bond motifs is 2. The molecule has 0 amide bonds. The summed E-state index contributed by atoms with van der Waals surface area (Å²) in [7, 11) is -3.98. The van der Waals surface area contributed by atoms with E-state index in [0.717, 1.165) is 5.56 Å². The lowest BCUT2D eigenvalue weighted by Crippen LogP contribution is -2.29. The van der Waals surface area contributed by atoms with Gasteiger partial charge in [-0.05, 0) is 54.8 Å². The van der Waals surface area contributed by atoms with Gasteiger partial charge in [0.2, 0.25) is 0 Å². The topological polar surface area (TPSA) is 111 Å². The van der Waals surface area contributed by atoms with Crippen LogP contribution < -0.4 is 9.86 Å². The molecular weight excluding hydrogens is 390 g/mol. The molecule has 0 bridgehead atoms. The molecule has 2 heterocycles. The molecule has 0 saturated heterocycles. The number of benzene rings is 2. The minimum absolute atomic E-state index is 0.0319. The Labute approximate surface area is 167 Å². The molecule has 8 heteroatoms. The number of nitriles is 1. The Hall–Kier alpha value is -3.44. The first-order valence-electron chi connectivity index (χ1n) is 9.01. The summed E-state index contributed by atoms with van der Waals surface area (Å²) in [6, 6.07) is 11.4. The zero-order valence-electron chi connectivity index (χ0n) is 15.6. The van der Waals surface area contributed by atoms with E-state index in [2.05, 4.69) is 4.98 Å². The largest absolute Gasteiger partial charge is 0.329 e. The van der Waals surface area contributed by atoms with E-state index in [9.17, 15) is 23.3 Å². The van der Waals surface area contributed by atoms with E-state index in [4.69, 9.17) is 0 Å². The van der Waals surface area contributed by atoms with Crippen molar-refractivity contribution in [1.82, 2.24) is 4.98 Å². The van der Waals surface area contributed by atoms with E-state index in [1.807, 2.05) is 6.07 Å².